The Morgan fingerprint density at radius 3 is 2.54 bits per heavy atom. The van der Waals surface area contributed by atoms with E-state index in [0.29, 0.717) is 13.0 Å². The third kappa shape index (κ3) is 4.97. The lowest BCUT2D eigenvalue weighted by Gasteiger charge is -2.37. The van der Waals surface area contributed by atoms with Gasteiger partial charge in [-0.05, 0) is 29.7 Å². The lowest BCUT2D eigenvalue weighted by molar-refractivity contribution is -0.134. The average molecular weight is 405 g/mol. The van der Waals surface area contributed by atoms with Gasteiger partial charge >= 0.3 is 0 Å². The minimum atomic E-state index is -0.00883. The number of rotatable bonds is 6. The molecular formula is C22H29ClN2O3. The lowest BCUT2D eigenvalue weighted by atomic mass is 9.95. The Bertz CT molecular complexity index is 767. The minimum Gasteiger partial charge on any atom is -0.497 e. The number of ether oxygens (including phenoxy) is 2. The second kappa shape index (κ2) is 10.3. The molecule has 5 nitrogen and oxygen atoms in total. The van der Waals surface area contributed by atoms with Crippen LogP contribution in [0.5, 0.6) is 11.5 Å². The highest BCUT2D eigenvalue weighted by molar-refractivity contribution is 5.85. The van der Waals surface area contributed by atoms with Crippen molar-refractivity contribution in [2.45, 2.75) is 25.3 Å². The molecule has 0 spiro atoms. The van der Waals surface area contributed by atoms with E-state index in [2.05, 4.69) is 12.2 Å². The summed E-state index contributed by atoms with van der Waals surface area (Å²) in [5.74, 6) is 1.98. The van der Waals surface area contributed by atoms with Crippen molar-refractivity contribution in [2.24, 2.45) is 0 Å². The van der Waals surface area contributed by atoms with Crippen molar-refractivity contribution in [1.29, 1.82) is 0 Å². The maximum atomic E-state index is 13.1. The van der Waals surface area contributed by atoms with E-state index in [4.69, 9.17) is 9.47 Å². The second-order valence-electron chi connectivity index (χ2n) is 6.93. The third-order valence-corrected chi connectivity index (χ3v) is 5.23. The molecule has 2 aromatic carbocycles. The van der Waals surface area contributed by atoms with Gasteiger partial charge in [0.1, 0.15) is 11.5 Å². The number of benzene rings is 2. The molecule has 0 saturated carbocycles. The Hall–Kier alpha value is -2.24. The van der Waals surface area contributed by atoms with Crippen LogP contribution in [0.25, 0.3) is 0 Å². The van der Waals surface area contributed by atoms with E-state index in [9.17, 15) is 4.79 Å². The van der Waals surface area contributed by atoms with E-state index >= 15 is 0 Å². The molecule has 3 rings (SSSR count). The van der Waals surface area contributed by atoms with Gasteiger partial charge in [-0.25, -0.2) is 0 Å². The van der Waals surface area contributed by atoms with Crippen molar-refractivity contribution in [3.8, 4) is 11.5 Å². The summed E-state index contributed by atoms with van der Waals surface area (Å²) in [5, 5.41) is 3.40. The molecule has 2 atom stereocenters. The number of nitrogens with zero attached hydrogens (tertiary/aromatic N) is 1. The highest BCUT2D eigenvalue weighted by Crippen LogP contribution is 2.32. The third-order valence-electron chi connectivity index (χ3n) is 5.23. The number of carbonyl (C=O) groups excluding carboxylic acids is 1. The summed E-state index contributed by atoms with van der Waals surface area (Å²) in [6.07, 6.45) is 0.484. The molecule has 1 saturated heterocycles. The zero-order chi connectivity index (χ0) is 19.2. The Balaban J connectivity index is 0.00000280. The van der Waals surface area contributed by atoms with Crippen molar-refractivity contribution in [3.63, 3.8) is 0 Å². The van der Waals surface area contributed by atoms with Gasteiger partial charge in [0.05, 0.1) is 20.3 Å². The highest BCUT2D eigenvalue weighted by atomic mass is 35.5. The fraction of sp³-hybridized carbons (Fsp3) is 0.409. The number of nitrogens with one attached hydrogen (secondary N) is 1. The molecule has 1 fully saturated rings. The summed E-state index contributed by atoms with van der Waals surface area (Å²) >= 11 is 0. The summed E-state index contributed by atoms with van der Waals surface area (Å²) in [4.78, 5) is 15.1. The quantitative estimate of drug-likeness (QED) is 0.795. The Morgan fingerprint density at radius 2 is 1.86 bits per heavy atom. The van der Waals surface area contributed by atoms with Gasteiger partial charge in [-0.3, -0.25) is 4.79 Å². The largest absolute Gasteiger partial charge is 0.497 e. The van der Waals surface area contributed by atoms with Crippen molar-refractivity contribution in [1.82, 2.24) is 10.2 Å². The number of para-hydroxylation sites is 1. The predicted molar refractivity (Wildman–Crippen MR) is 114 cm³/mol. The Labute approximate surface area is 173 Å². The first-order valence-electron chi connectivity index (χ1n) is 9.41. The van der Waals surface area contributed by atoms with Crippen molar-refractivity contribution >= 4 is 18.3 Å². The summed E-state index contributed by atoms with van der Waals surface area (Å²) in [6, 6.07) is 15.9. The number of hydrogen-bond donors (Lipinski definition) is 1. The smallest absolute Gasteiger partial charge is 0.223 e. The molecule has 28 heavy (non-hydrogen) atoms. The van der Waals surface area contributed by atoms with E-state index in [1.54, 1.807) is 14.2 Å². The molecule has 1 amide bonds. The maximum Gasteiger partial charge on any atom is 0.223 e. The molecule has 1 heterocycles. The lowest BCUT2D eigenvalue weighted by Crippen LogP contribution is -2.49. The number of amides is 1. The first-order chi connectivity index (χ1) is 13.1. The molecule has 2 aromatic rings. The number of hydrogen-bond acceptors (Lipinski definition) is 4. The molecule has 1 N–H and O–H groups in total. The van der Waals surface area contributed by atoms with Crippen molar-refractivity contribution in [2.75, 3.05) is 33.9 Å². The fourth-order valence-electron chi connectivity index (χ4n) is 3.65. The number of piperazine rings is 1. The molecule has 0 bridgehead atoms. The van der Waals surface area contributed by atoms with Crippen LogP contribution >= 0.6 is 12.4 Å². The van der Waals surface area contributed by atoms with Crippen molar-refractivity contribution in [3.05, 3.63) is 59.7 Å². The van der Waals surface area contributed by atoms with E-state index in [1.165, 1.54) is 0 Å². The number of methoxy groups -OCH3 is 2. The van der Waals surface area contributed by atoms with Crippen LogP contribution in [0.3, 0.4) is 0 Å². The van der Waals surface area contributed by atoms with Gasteiger partial charge in [-0.15, -0.1) is 12.4 Å². The number of carbonyl (C=O) groups is 1. The van der Waals surface area contributed by atoms with Gasteiger partial charge in [-0.1, -0.05) is 37.3 Å². The van der Waals surface area contributed by atoms with Crippen LogP contribution in [0.1, 0.15) is 36.4 Å². The van der Waals surface area contributed by atoms with Gasteiger partial charge < -0.3 is 19.7 Å². The van der Waals surface area contributed by atoms with Crippen molar-refractivity contribution < 1.29 is 14.3 Å². The van der Waals surface area contributed by atoms with E-state index < -0.39 is 0 Å². The van der Waals surface area contributed by atoms with Gasteiger partial charge in [0.15, 0.2) is 0 Å². The van der Waals surface area contributed by atoms with Crippen LogP contribution in [-0.2, 0) is 4.79 Å². The summed E-state index contributed by atoms with van der Waals surface area (Å²) in [5.41, 5.74) is 2.20. The Morgan fingerprint density at radius 1 is 1.14 bits per heavy atom. The average Bonchev–Trinajstić information content (AvgIpc) is 2.73. The van der Waals surface area contributed by atoms with Crippen LogP contribution in [0.2, 0.25) is 0 Å². The van der Waals surface area contributed by atoms with E-state index in [1.807, 2.05) is 53.4 Å². The zero-order valence-corrected chi connectivity index (χ0v) is 17.5. The molecule has 0 radical (unpaired) electrons. The maximum absolute atomic E-state index is 13.1. The molecule has 2 unspecified atom stereocenters. The van der Waals surface area contributed by atoms with Crippen LogP contribution in [0.15, 0.2) is 48.5 Å². The van der Waals surface area contributed by atoms with Gasteiger partial charge in [0.25, 0.3) is 0 Å². The summed E-state index contributed by atoms with van der Waals surface area (Å²) in [7, 11) is 3.33. The van der Waals surface area contributed by atoms with Gasteiger partial charge in [-0.2, -0.15) is 0 Å². The van der Waals surface area contributed by atoms with Crippen LogP contribution < -0.4 is 14.8 Å². The first kappa shape index (κ1) is 22.1. The molecule has 1 aliphatic rings. The van der Waals surface area contributed by atoms with Gasteiger partial charge in [0.2, 0.25) is 5.91 Å². The van der Waals surface area contributed by atoms with Crippen LogP contribution in [0.4, 0.5) is 0 Å². The minimum absolute atomic E-state index is 0. The first-order valence-corrected chi connectivity index (χ1v) is 9.41. The topological polar surface area (TPSA) is 50.8 Å². The molecule has 152 valence electrons. The zero-order valence-electron chi connectivity index (χ0n) is 16.7. The molecule has 0 aliphatic carbocycles. The normalized spacial score (nSPS) is 17.4. The van der Waals surface area contributed by atoms with E-state index in [0.717, 1.165) is 35.7 Å². The SMILES string of the molecule is COc1ccc(C(C)CC(=O)N2CCNCC2c2ccccc2OC)cc1.Cl. The standard InChI is InChI=1S/C22H28N2O3.ClH/c1-16(17-8-10-18(26-2)11-9-17)14-22(25)24-13-12-23-15-20(24)19-6-4-5-7-21(19)27-3;/h4-11,16,20,23H,12-15H2,1-3H3;1H. The Kier molecular flexibility index (Phi) is 8.15. The number of halogens is 1. The van der Waals surface area contributed by atoms with Gasteiger partial charge in [0, 0.05) is 31.6 Å². The molecule has 1 aliphatic heterocycles. The second-order valence-corrected chi connectivity index (χ2v) is 6.93. The summed E-state index contributed by atoms with van der Waals surface area (Å²) in [6.45, 7) is 4.36. The predicted octanol–water partition coefficient (Wildman–Crippen LogP) is 3.79. The summed E-state index contributed by atoms with van der Waals surface area (Å²) < 4.78 is 10.7. The molecule has 6 heteroatoms. The monoisotopic (exact) mass is 404 g/mol. The van der Waals surface area contributed by atoms with E-state index in [-0.39, 0.29) is 30.3 Å². The highest BCUT2D eigenvalue weighted by Gasteiger charge is 2.30. The molecule has 0 aromatic heterocycles. The van der Waals surface area contributed by atoms with Crippen LogP contribution in [0, 0.1) is 0 Å². The molecular weight excluding hydrogens is 376 g/mol. The van der Waals surface area contributed by atoms with Crippen LogP contribution in [-0.4, -0.2) is 44.7 Å². The fourth-order valence-corrected chi connectivity index (χ4v) is 3.65.